The molecule has 0 amide bonds. The highest BCUT2D eigenvalue weighted by Gasteiger charge is 2.17. The molecule has 1 aliphatic carbocycles. The number of nitrogens with one attached hydrogen (secondary N) is 1. The number of nitrogens with zero attached hydrogens (tertiary/aromatic N) is 3. The summed E-state index contributed by atoms with van der Waals surface area (Å²) in [6.45, 7) is 1.97. The van der Waals surface area contributed by atoms with Crippen LogP contribution in [0.15, 0.2) is 30.7 Å². The molecule has 4 rings (SSSR count). The zero-order valence-electron chi connectivity index (χ0n) is 13.2. The van der Waals surface area contributed by atoms with Gasteiger partial charge >= 0.3 is 0 Å². The maximum absolute atomic E-state index is 5.54. The van der Waals surface area contributed by atoms with Crippen molar-refractivity contribution in [2.24, 2.45) is 0 Å². The molecule has 3 aromatic rings. The van der Waals surface area contributed by atoms with E-state index in [-0.39, 0.29) is 0 Å². The Bertz CT molecular complexity index is 831. The summed E-state index contributed by atoms with van der Waals surface area (Å²) in [7, 11) is 1.68. The van der Waals surface area contributed by atoms with E-state index in [2.05, 4.69) is 15.3 Å². The zero-order valence-corrected chi connectivity index (χ0v) is 14.0. The molecule has 2 aromatic heterocycles. The monoisotopic (exact) mass is 326 g/mol. The largest absolute Gasteiger partial charge is 0.494 e. The van der Waals surface area contributed by atoms with E-state index in [1.54, 1.807) is 24.8 Å². The highest BCUT2D eigenvalue weighted by atomic mass is 32.1. The van der Waals surface area contributed by atoms with Gasteiger partial charge in [-0.3, -0.25) is 0 Å². The van der Waals surface area contributed by atoms with Crippen molar-refractivity contribution < 1.29 is 4.74 Å². The maximum atomic E-state index is 5.54. The molecule has 0 radical (unpaired) electrons. The van der Waals surface area contributed by atoms with Crippen molar-refractivity contribution in [3.8, 4) is 11.4 Å². The lowest BCUT2D eigenvalue weighted by atomic mass is 10.2. The number of hydrogen-bond donors (Lipinski definition) is 1. The van der Waals surface area contributed by atoms with Crippen molar-refractivity contribution in [1.29, 1.82) is 0 Å². The summed E-state index contributed by atoms with van der Waals surface area (Å²) in [4.78, 5) is 10.4. The van der Waals surface area contributed by atoms with Gasteiger partial charge in [0.05, 0.1) is 30.5 Å². The van der Waals surface area contributed by atoms with Crippen LogP contribution in [0, 0.1) is 6.92 Å². The van der Waals surface area contributed by atoms with Crippen molar-refractivity contribution in [2.75, 3.05) is 12.4 Å². The first-order chi connectivity index (χ1) is 11.2. The normalized spacial score (nSPS) is 13.1. The Morgan fingerprint density at radius 3 is 2.96 bits per heavy atom. The second-order valence-corrected chi connectivity index (χ2v) is 6.76. The molecule has 2 heterocycles. The number of fused-ring (bicyclic) bond motifs is 1. The lowest BCUT2D eigenvalue weighted by molar-refractivity contribution is 0.413. The van der Waals surface area contributed by atoms with Crippen molar-refractivity contribution in [1.82, 2.24) is 14.5 Å². The maximum Gasteiger partial charge on any atom is 0.187 e. The third-order valence-electron chi connectivity index (χ3n) is 4.02. The van der Waals surface area contributed by atoms with Gasteiger partial charge in [0.15, 0.2) is 5.13 Å². The minimum absolute atomic E-state index is 0.802. The predicted molar refractivity (Wildman–Crippen MR) is 92.3 cm³/mol. The van der Waals surface area contributed by atoms with Gasteiger partial charge in [0.25, 0.3) is 0 Å². The number of benzene rings is 1. The number of rotatable bonds is 4. The third-order valence-corrected chi connectivity index (χ3v) is 5.09. The molecule has 0 unspecified atom stereocenters. The molecule has 0 bridgehead atoms. The van der Waals surface area contributed by atoms with Crippen LogP contribution in [0.4, 0.5) is 10.8 Å². The summed E-state index contributed by atoms with van der Waals surface area (Å²) in [5.74, 6) is 0.802. The highest BCUT2D eigenvalue weighted by molar-refractivity contribution is 7.15. The molecule has 0 fully saturated rings. The number of aryl methyl sites for hydroxylation is 3. The quantitative estimate of drug-likeness (QED) is 0.790. The summed E-state index contributed by atoms with van der Waals surface area (Å²) < 4.78 is 7.51. The molecule has 5 nitrogen and oxygen atoms in total. The first kappa shape index (κ1) is 14.3. The van der Waals surface area contributed by atoms with Gasteiger partial charge in [0.1, 0.15) is 5.75 Å². The van der Waals surface area contributed by atoms with Gasteiger partial charge in [-0.15, -0.1) is 11.3 Å². The molecule has 0 saturated heterocycles. The summed E-state index contributed by atoms with van der Waals surface area (Å²) in [6, 6.07) is 6.07. The molecule has 1 aliphatic rings. The first-order valence-electron chi connectivity index (χ1n) is 7.67. The molecule has 1 aromatic carbocycles. The number of anilines is 2. The highest BCUT2D eigenvalue weighted by Crippen LogP contribution is 2.33. The minimum Gasteiger partial charge on any atom is -0.494 e. The van der Waals surface area contributed by atoms with Gasteiger partial charge in [-0.2, -0.15) is 0 Å². The average Bonchev–Trinajstić information content (AvgIpc) is 3.23. The fourth-order valence-electron chi connectivity index (χ4n) is 2.89. The second kappa shape index (κ2) is 5.70. The Hall–Kier alpha value is -2.34. The van der Waals surface area contributed by atoms with Crippen molar-refractivity contribution in [3.63, 3.8) is 0 Å². The van der Waals surface area contributed by atoms with Crippen LogP contribution in [0.5, 0.6) is 5.75 Å². The van der Waals surface area contributed by atoms with Gasteiger partial charge in [-0.25, -0.2) is 9.97 Å². The zero-order chi connectivity index (χ0) is 15.8. The summed E-state index contributed by atoms with van der Waals surface area (Å²) in [5.41, 5.74) is 4.19. The molecular formula is C17H18N4OS. The number of methoxy groups -OCH3 is 1. The topological polar surface area (TPSA) is 52.0 Å². The third kappa shape index (κ3) is 2.70. The molecule has 6 heteroatoms. The van der Waals surface area contributed by atoms with Gasteiger partial charge in [0.2, 0.25) is 0 Å². The Morgan fingerprint density at radius 2 is 2.22 bits per heavy atom. The van der Waals surface area contributed by atoms with Gasteiger partial charge in [-0.05, 0) is 38.3 Å². The van der Waals surface area contributed by atoms with Gasteiger partial charge < -0.3 is 14.6 Å². The van der Waals surface area contributed by atoms with Gasteiger partial charge in [0, 0.05) is 22.8 Å². The number of aromatic nitrogens is 3. The minimum atomic E-state index is 0.802. The fourth-order valence-corrected chi connectivity index (χ4v) is 3.96. The number of hydrogen-bond acceptors (Lipinski definition) is 5. The SMILES string of the molecule is COc1cc(Nc2nc3c(s2)CCC3)ccc1-n1cnc(C)c1. The number of ether oxygens (including phenoxy) is 1. The van der Waals surface area contributed by atoms with E-state index in [1.807, 2.05) is 35.9 Å². The van der Waals surface area contributed by atoms with E-state index in [0.717, 1.165) is 40.8 Å². The van der Waals surface area contributed by atoms with Crippen molar-refractivity contribution >= 4 is 22.2 Å². The van der Waals surface area contributed by atoms with Crippen LogP contribution in [-0.2, 0) is 12.8 Å². The van der Waals surface area contributed by atoms with Crippen LogP contribution in [0.2, 0.25) is 0 Å². The standard InChI is InChI=1S/C17H18N4OS/c1-11-9-21(10-18-11)14-7-6-12(8-15(14)22-2)19-17-20-13-4-3-5-16(13)23-17/h6-10H,3-5H2,1-2H3,(H,19,20). The Balaban J connectivity index is 1.62. The van der Waals surface area contributed by atoms with Crippen LogP contribution in [-0.4, -0.2) is 21.6 Å². The van der Waals surface area contributed by atoms with E-state index < -0.39 is 0 Å². The molecule has 23 heavy (non-hydrogen) atoms. The van der Waals surface area contributed by atoms with Crippen LogP contribution >= 0.6 is 11.3 Å². The Morgan fingerprint density at radius 1 is 1.30 bits per heavy atom. The number of thiazole rings is 1. The van der Waals surface area contributed by atoms with Crippen molar-refractivity contribution in [2.45, 2.75) is 26.2 Å². The van der Waals surface area contributed by atoms with Crippen LogP contribution < -0.4 is 10.1 Å². The first-order valence-corrected chi connectivity index (χ1v) is 8.49. The molecule has 0 aliphatic heterocycles. The van der Waals surface area contributed by atoms with Crippen LogP contribution in [0.25, 0.3) is 5.69 Å². The fraction of sp³-hybridized carbons (Fsp3) is 0.294. The Labute approximate surface area is 139 Å². The Kier molecular flexibility index (Phi) is 3.53. The van der Waals surface area contributed by atoms with Gasteiger partial charge in [-0.1, -0.05) is 0 Å². The molecule has 0 atom stereocenters. The number of imidazole rings is 1. The molecule has 118 valence electrons. The molecular weight excluding hydrogens is 308 g/mol. The van der Waals surface area contributed by atoms with Crippen LogP contribution in [0.3, 0.4) is 0 Å². The molecule has 0 spiro atoms. The van der Waals surface area contributed by atoms with E-state index in [9.17, 15) is 0 Å². The van der Waals surface area contributed by atoms with E-state index >= 15 is 0 Å². The van der Waals surface area contributed by atoms with E-state index in [4.69, 9.17) is 4.74 Å². The summed E-state index contributed by atoms with van der Waals surface area (Å²) in [5, 5.41) is 4.36. The van der Waals surface area contributed by atoms with E-state index in [0.29, 0.717) is 0 Å². The summed E-state index contributed by atoms with van der Waals surface area (Å²) >= 11 is 1.76. The van der Waals surface area contributed by atoms with Crippen molar-refractivity contribution in [3.05, 3.63) is 47.0 Å². The van der Waals surface area contributed by atoms with E-state index in [1.165, 1.54) is 17.0 Å². The van der Waals surface area contributed by atoms with Crippen LogP contribution in [0.1, 0.15) is 22.7 Å². The average molecular weight is 326 g/mol. The summed E-state index contributed by atoms with van der Waals surface area (Å²) in [6.07, 6.45) is 7.29. The predicted octanol–water partition coefficient (Wildman–Crippen LogP) is 3.88. The second-order valence-electron chi connectivity index (χ2n) is 5.68. The molecule has 1 N–H and O–H groups in total. The smallest absolute Gasteiger partial charge is 0.187 e. The lowest BCUT2D eigenvalue weighted by Crippen LogP contribution is -1.97. The lowest BCUT2D eigenvalue weighted by Gasteiger charge is -2.11. The molecule has 0 saturated carbocycles.